The second-order valence-electron chi connectivity index (χ2n) is 4.12. The van der Waals surface area contributed by atoms with Crippen LogP contribution in [-0.4, -0.2) is 28.4 Å². The van der Waals surface area contributed by atoms with Crippen molar-refractivity contribution in [1.82, 2.24) is 20.1 Å². The molecule has 0 bridgehead atoms. The third kappa shape index (κ3) is 1.74. The van der Waals surface area contributed by atoms with Crippen molar-refractivity contribution >= 4 is 0 Å². The number of rotatable bonds is 2. The average molecular weight is 248 g/mol. The summed E-state index contributed by atoms with van der Waals surface area (Å²) in [4.78, 5) is 0. The number of halogens is 1. The Labute approximate surface area is 104 Å². The van der Waals surface area contributed by atoms with Gasteiger partial charge in [-0.2, -0.15) is 0 Å². The lowest BCUT2D eigenvalue weighted by Crippen LogP contribution is -2.28. The van der Waals surface area contributed by atoms with Crippen LogP contribution in [0.3, 0.4) is 0 Å². The zero-order chi connectivity index (χ0) is 12.5. The van der Waals surface area contributed by atoms with Crippen molar-refractivity contribution in [3.05, 3.63) is 29.8 Å². The highest BCUT2D eigenvalue weighted by Gasteiger charge is 2.17. The molecule has 0 aliphatic carbocycles. The highest BCUT2D eigenvalue weighted by atomic mass is 19.1. The molecule has 2 aromatic rings. The summed E-state index contributed by atoms with van der Waals surface area (Å²) in [7, 11) is 1.45. The SMILES string of the molecule is COc1ccc(-c2nnc3n2CCNC3)cc1F. The van der Waals surface area contributed by atoms with Gasteiger partial charge in [0.05, 0.1) is 13.7 Å². The maximum atomic E-state index is 13.7. The molecular formula is C12H13FN4O. The molecule has 0 spiro atoms. The van der Waals surface area contributed by atoms with Crippen LogP contribution in [0.25, 0.3) is 11.4 Å². The molecule has 1 aromatic heterocycles. The number of ether oxygens (including phenoxy) is 1. The standard InChI is InChI=1S/C12H13FN4O/c1-18-10-3-2-8(6-9(10)13)12-16-15-11-7-14-4-5-17(11)12/h2-3,6,14H,4-5,7H2,1H3. The number of aromatic nitrogens is 3. The third-order valence-electron chi connectivity index (χ3n) is 3.03. The van der Waals surface area contributed by atoms with Gasteiger partial charge < -0.3 is 14.6 Å². The van der Waals surface area contributed by atoms with E-state index in [0.717, 1.165) is 18.9 Å². The summed E-state index contributed by atoms with van der Waals surface area (Å²) in [6.45, 7) is 2.37. The van der Waals surface area contributed by atoms with Crippen LogP contribution in [-0.2, 0) is 13.1 Å². The largest absolute Gasteiger partial charge is 0.494 e. The summed E-state index contributed by atoms with van der Waals surface area (Å²) < 4.78 is 20.6. The lowest BCUT2D eigenvalue weighted by Gasteiger charge is -2.16. The molecule has 1 aliphatic rings. The van der Waals surface area contributed by atoms with E-state index in [2.05, 4.69) is 15.5 Å². The Morgan fingerprint density at radius 3 is 3.06 bits per heavy atom. The molecule has 1 N–H and O–H groups in total. The van der Waals surface area contributed by atoms with Gasteiger partial charge in [-0.3, -0.25) is 0 Å². The van der Waals surface area contributed by atoms with Gasteiger partial charge in [-0.1, -0.05) is 0 Å². The van der Waals surface area contributed by atoms with Crippen LogP contribution < -0.4 is 10.1 Å². The topological polar surface area (TPSA) is 52.0 Å². The summed E-state index contributed by atoms with van der Waals surface area (Å²) in [5.74, 6) is 1.43. The van der Waals surface area contributed by atoms with Crippen molar-refractivity contribution in [2.24, 2.45) is 0 Å². The zero-order valence-electron chi connectivity index (χ0n) is 9.98. The molecule has 0 saturated carbocycles. The summed E-state index contributed by atoms with van der Waals surface area (Å²) in [5, 5.41) is 11.5. The van der Waals surface area contributed by atoms with Crippen LogP contribution in [0.5, 0.6) is 5.75 Å². The lowest BCUT2D eigenvalue weighted by molar-refractivity contribution is 0.386. The summed E-state index contributed by atoms with van der Waals surface area (Å²) in [6.07, 6.45) is 0. The van der Waals surface area contributed by atoms with E-state index in [0.29, 0.717) is 17.9 Å². The van der Waals surface area contributed by atoms with Crippen LogP contribution in [0.1, 0.15) is 5.82 Å². The van der Waals surface area contributed by atoms with E-state index in [4.69, 9.17) is 4.74 Å². The number of benzene rings is 1. The number of fused-ring (bicyclic) bond motifs is 1. The first-order chi connectivity index (χ1) is 8.79. The lowest BCUT2D eigenvalue weighted by atomic mass is 10.2. The van der Waals surface area contributed by atoms with Crippen molar-refractivity contribution in [3.63, 3.8) is 0 Å². The molecule has 18 heavy (non-hydrogen) atoms. The molecular weight excluding hydrogens is 235 g/mol. The van der Waals surface area contributed by atoms with E-state index in [-0.39, 0.29) is 11.6 Å². The van der Waals surface area contributed by atoms with Gasteiger partial charge >= 0.3 is 0 Å². The fourth-order valence-electron chi connectivity index (χ4n) is 2.11. The molecule has 0 radical (unpaired) electrons. The van der Waals surface area contributed by atoms with Crippen LogP contribution in [0.2, 0.25) is 0 Å². The first-order valence-electron chi connectivity index (χ1n) is 5.76. The number of nitrogens with zero attached hydrogens (tertiary/aromatic N) is 3. The molecule has 0 atom stereocenters. The molecule has 0 unspecified atom stereocenters. The van der Waals surface area contributed by atoms with Gasteiger partial charge in [0.1, 0.15) is 5.82 Å². The number of methoxy groups -OCH3 is 1. The minimum Gasteiger partial charge on any atom is -0.494 e. The minimum atomic E-state index is -0.388. The fraction of sp³-hybridized carbons (Fsp3) is 0.333. The highest BCUT2D eigenvalue weighted by molar-refractivity contribution is 5.57. The van der Waals surface area contributed by atoms with E-state index in [1.54, 1.807) is 12.1 Å². The summed E-state index contributed by atoms with van der Waals surface area (Å²) >= 11 is 0. The van der Waals surface area contributed by atoms with Gasteiger partial charge in [-0.25, -0.2) is 4.39 Å². The Balaban J connectivity index is 2.04. The van der Waals surface area contributed by atoms with Gasteiger partial charge in [-0.15, -0.1) is 10.2 Å². The molecule has 0 fully saturated rings. The van der Waals surface area contributed by atoms with Gasteiger partial charge in [-0.05, 0) is 18.2 Å². The van der Waals surface area contributed by atoms with E-state index < -0.39 is 0 Å². The predicted molar refractivity (Wildman–Crippen MR) is 63.7 cm³/mol. The third-order valence-corrected chi connectivity index (χ3v) is 3.03. The molecule has 0 amide bonds. The second kappa shape index (κ2) is 4.38. The van der Waals surface area contributed by atoms with Crippen LogP contribution in [0.15, 0.2) is 18.2 Å². The number of hydrogen-bond acceptors (Lipinski definition) is 4. The Morgan fingerprint density at radius 2 is 2.28 bits per heavy atom. The average Bonchev–Trinajstić information content (AvgIpc) is 2.82. The quantitative estimate of drug-likeness (QED) is 0.867. The maximum absolute atomic E-state index is 13.7. The zero-order valence-corrected chi connectivity index (χ0v) is 9.98. The molecule has 6 heteroatoms. The Kier molecular flexibility index (Phi) is 2.71. The molecule has 1 aromatic carbocycles. The smallest absolute Gasteiger partial charge is 0.165 e. The van der Waals surface area contributed by atoms with Gasteiger partial charge in [0.2, 0.25) is 0 Å². The summed E-state index contributed by atoms with van der Waals surface area (Å²) in [5.41, 5.74) is 0.717. The van der Waals surface area contributed by atoms with Crippen LogP contribution in [0, 0.1) is 5.82 Å². The number of hydrogen-bond donors (Lipinski definition) is 1. The van der Waals surface area contributed by atoms with E-state index in [1.165, 1.54) is 13.2 Å². The van der Waals surface area contributed by atoms with Crippen molar-refractivity contribution in [3.8, 4) is 17.1 Å². The molecule has 94 valence electrons. The van der Waals surface area contributed by atoms with Crippen molar-refractivity contribution in [1.29, 1.82) is 0 Å². The predicted octanol–water partition coefficient (Wildman–Crippen LogP) is 1.20. The maximum Gasteiger partial charge on any atom is 0.165 e. The Morgan fingerprint density at radius 1 is 1.39 bits per heavy atom. The van der Waals surface area contributed by atoms with Crippen molar-refractivity contribution in [2.45, 2.75) is 13.1 Å². The van der Waals surface area contributed by atoms with Crippen LogP contribution in [0.4, 0.5) is 4.39 Å². The highest BCUT2D eigenvalue weighted by Crippen LogP contribution is 2.25. The van der Waals surface area contributed by atoms with Crippen molar-refractivity contribution < 1.29 is 9.13 Å². The minimum absolute atomic E-state index is 0.235. The molecule has 5 nitrogen and oxygen atoms in total. The van der Waals surface area contributed by atoms with Crippen LogP contribution >= 0.6 is 0 Å². The molecule has 2 heterocycles. The Hall–Kier alpha value is -1.95. The molecule has 0 saturated heterocycles. The Bertz CT molecular complexity index is 581. The van der Waals surface area contributed by atoms with E-state index >= 15 is 0 Å². The fourth-order valence-corrected chi connectivity index (χ4v) is 2.11. The first-order valence-corrected chi connectivity index (χ1v) is 5.76. The van der Waals surface area contributed by atoms with Crippen molar-refractivity contribution in [2.75, 3.05) is 13.7 Å². The van der Waals surface area contributed by atoms with E-state index in [9.17, 15) is 4.39 Å². The van der Waals surface area contributed by atoms with Gasteiger partial charge in [0.25, 0.3) is 0 Å². The van der Waals surface area contributed by atoms with Gasteiger partial charge in [0, 0.05) is 18.7 Å². The normalized spacial score (nSPS) is 14.3. The molecule has 3 rings (SSSR count). The number of nitrogens with one attached hydrogen (secondary N) is 1. The van der Waals surface area contributed by atoms with E-state index in [1.807, 2.05) is 4.57 Å². The molecule has 1 aliphatic heterocycles. The van der Waals surface area contributed by atoms with Gasteiger partial charge in [0.15, 0.2) is 17.4 Å². The second-order valence-corrected chi connectivity index (χ2v) is 4.12. The summed E-state index contributed by atoms with van der Waals surface area (Å²) in [6, 6.07) is 4.83. The monoisotopic (exact) mass is 248 g/mol. The first kappa shape index (κ1) is 11.2.